The van der Waals surface area contributed by atoms with Crippen LogP contribution in [0.4, 0.5) is 0 Å². The molecule has 1 rings (SSSR count). The van der Waals surface area contributed by atoms with Crippen LogP contribution < -0.4 is 5.32 Å². The van der Waals surface area contributed by atoms with Crippen molar-refractivity contribution in [2.75, 3.05) is 13.1 Å². The highest BCUT2D eigenvalue weighted by atomic mass is 16.5. The van der Waals surface area contributed by atoms with Crippen LogP contribution in [0.3, 0.4) is 0 Å². The summed E-state index contributed by atoms with van der Waals surface area (Å²) in [5.41, 5.74) is 0.539. The molecule has 1 fully saturated rings. The molecule has 1 saturated heterocycles. The normalized spacial score (nSPS) is 24.2. The van der Waals surface area contributed by atoms with E-state index in [-0.39, 0.29) is 5.60 Å². The minimum atomic E-state index is 0.107. The van der Waals surface area contributed by atoms with Gasteiger partial charge in [0.2, 0.25) is 0 Å². The lowest BCUT2D eigenvalue weighted by atomic mass is 9.77. The Morgan fingerprint density at radius 3 is 2.29 bits per heavy atom. The van der Waals surface area contributed by atoms with Gasteiger partial charge in [-0.25, -0.2) is 0 Å². The van der Waals surface area contributed by atoms with Gasteiger partial charge in [0.15, 0.2) is 0 Å². The van der Waals surface area contributed by atoms with Gasteiger partial charge in [-0.2, -0.15) is 0 Å². The minimum absolute atomic E-state index is 0.107. The third-order valence-electron chi connectivity index (χ3n) is 4.46. The van der Waals surface area contributed by atoms with Gasteiger partial charge in [0.05, 0.1) is 11.7 Å². The van der Waals surface area contributed by atoms with Crippen molar-refractivity contribution in [3.8, 4) is 0 Å². The summed E-state index contributed by atoms with van der Waals surface area (Å²) in [4.78, 5) is 0. The van der Waals surface area contributed by atoms with Gasteiger partial charge in [0.25, 0.3) is 0 Å². The molecule has 0 aliphatic carbocycles. The van der Waals surface area contributed by atoms with E-state index in [9.17, 15) is 0 Å². The Hall–Kier alpha value is -0.0800. The molecule has 2 nitrogen and oxygen atoms in total. The molecule has 0 radical (unpaired) electrons. The van der Waals surface area contributed by atoms with E-state index in [1.807, 2.05) is 0 Å². The maximum atomic E-state index is 6.16. The molecule has 1 unspecified atom stereocenters. The Bertz CT molecular complexity index is 221. The lowest BCUT2D eigenvalue weighted by Gasteiger charge is -2.35. The molecule has 2 heteroatoms. The second kappa shape index (κ2) is 6.19. The van der Waals surface area contributed by atoms with Crippen LogP contribution in [0.15, 0.2) is 0 Å². The summed E-state index contributed by atoms with van der Waals surface area (Å²) in [6, 6.07) is 0. The second-order valence-corrected chi connectivity index (χ2v) is 6.23. The monoisotopic (exact) mass is 241 g/mol. The highest BCUT2D eigenvalue weighted by molar-refractivity contribution is 4.88. The van der Waals surface area contributed by atoms with Crippen LogP contribution in [-0.4, -0.2) is 24.8 Å². The lowest BCUT2D eigenvalue weighted by molar-refractivity contribution is -0.0369. The molecule has 0 amide bonds. The van der Waals surface area contributed by atoms with Crippen molar-refractivity contribution in [2.24, 2.45) is 5.41 Å². The van der Waals surface area contributed by atoms with Gasteiger partial charge in [-0.15, -0.1) is 0 Å². The molecule has 1 aliphatic rings. The number of rotatable bonds is 7. The number of ether oxygens (including phenoxy) is 1. The quantitative estimate of drug-likeness (QED) is 0.733. The second-order valence-electron chi connectivity index (χ2n) is 6.23. The molecule has 0 saturated carbocycles. The molecule has 102 valence electrons. The number of nitrogens with one attached hydrogen (secondary N) is 1. The molecular weight excluding hydrogens is 210 g/mol. The molecule has 0 spiro atoms. The number of hydrogen-bond acceptors (Lipinski definition) is 2. The predicted molar refractivity (Wildman–Crippen MR) is 74.4 cm³/mol. The fraction of sp³-hybridized carbons (Fsp3) is 1.00. The summed E-state index contributed by atoms with van der Waals surface area (Å²) in [5.74, 6) is 0. The summed E-state index contributed by atoms with van der Waals surface area (Å²) in [6.45, 7) is 13.5. The van der Waals surface area contributed by atoms with Crippen LogP contribution in [0.2, 0.25) is 0 Å². The molecule has 0 aromatic carbocycles. The van der Waals surface area contributed by atoms with E-state index in [0.717, 1.165) is 13.1 Å². The van der Waals surface area contributed by atoms with Crippen LogP contribution >= 0.6 is 0 Å². The third-order valence-corrected chi connectivity index (χ3v) is 4.46. The molecule has 1 N–H and O–H groups in total. The first kappa shape index (κ1) is 15.0. The zero-order valence-corrected chi connectivity index (χ0v) is 12.4. The lowest BCUT2D eigenvalue weighted by Crippen LogP contribution is -2.37. The Kier molecular flexibility index (Phi) is 5.46. The first-order valence-electron chi connectivity index (χ1n) is 7.35. The third kappa shape index (κ3) is 4.26. The standard InChI is InChI=1S/C15H31NO/c1-6-15(7-2,12-16-8-3)11-13-9-10-14(4,5)17-13/h13,16H,6-12H2,1-5H3. The zero-order valence-electron chi connectivity index (χ0n) is 12.4. The van der Waals surface area contributed by atoms with Gasteiger partial charge in [0.1, 0.15) is 0 Å². The van der Waals surface area contributed by atoms with Crippen molar-refractivity contribution in [1.29, 1.82) is 0 Å². The van der Waals surface area contributed by atoms with Gasteiger partial charge in [-0.05, 0) is 57.9 Å². The van der Waals surface area contributed by atoms with Crippen LogP contribution in [0.25, 0.3) is 0 Å². The van der Waals surface area contributed by atoms with Crippen molar-refractivity contribution in [3.05, 3.63) is 0 Å². The Balaban J connectivity index is 2.54. The van der Waals surface area contributed by atoms with E-state index in [0.29, 0.717) is 11.5 Å². The summed E-state index contributed by atoms with van der Waals surface area (Å²) >= 11 is 0. The molecular formula is C15H31NO. The van der Waals surface area contributed by atoms with Crippen LogP contribution in [0.5, 0.6) is 0 Å². The molecule has 0 bridgehead atoms. The van der Waals surface area contributed by atoms with Gasteiger partial charge in [-0.1, -0.05) is 20.8 Å². The average Bonchev–Trinajstić information content (AvgIpc) is 2.64. The maximum Gasteiger partial charge on any atom is 0.0631 e. The van der Waals surface area contributed by atoms with Gasteiger partial charge in [-0.3, -0.25) is 0 Å². The van der Waals surface area contributed by atoms with Crippen molar-refractivity contribution in [2.45, 2.75) is 78.4 Å². The van der Waals surface area contributed by atoms with Crippen molar-refractivity contribution < 1.29 is 4.74 Å². The van der Waals surface area contributed by atoms with E-state index >= 15 is 0 Å². The van der Waals surface area contributed by atoms with Crippen LogP contribution in [0.1, 0.15) is 66.7 Å². The van der Waals surface area contributed by atoms with Crippen molar-refractivity contribution in [1.82, 2.24) is 5.32 Å². The Labute approximate surface area is 108 Å². The van der Waals surface area contributed by atoms with E-state index in [2.05, 4.69) is 39.9 Å². The van der Waals surface area contributed by atoms with Gasteiger partial charge < -0.3 is 10.1 Å². The first-order chi connectivity index (χ1) is 7.97. The largest absolute Gasteiger partial charge is 0.372 e. The van der Waals surface area contributed by atoms with E-state index in [1.165, 1.54) is 32.1 Å². The minimum Gasteiger partial charge on any atom is -0.372 e. The maximum absolute atomic E-state index is 6.16. The smallest absolute Gasteiger partial charge is 0.0631 e. The molecule has 1 aliphatic heterocycles. The fourth-order valence-corrected chi connectivity index (χ4v) is 2.96. The highest BCUT2D eigenvalue weighted by Crippen LogP contribution is 2.39. The molecule has 1 heterocycles. The van der Waals surface area contributed by atoms with E-state index in [1.54, 1.807) is 0 Å². The van der Waals surface area contributed by atoms with Gasteiger partial charge in [0, 0.05) is 6.54 Å². The van der Waals surface area contributed by atoms with Crippen LogP contribution in [0, 0.1) is 5.41 Å². The van der Waals surface area contributed by atoms with E-state index in [4.69, 9.17) is 4.74 Å². The number of hydrogen-bond donors (Lipinski definition) is 1. The summed E-state index contributed by atoms with van der Waals surface area (Å²) in [6.07, 6.45) is 6.64. The average molecular weight is 241 g/mol. The fourth-order valence-electron chi connectivity index (χ4n) is 2.96. The van der Waals surface area contributed by atoms with Gasteiger partial charge >= 0.3 is 0 Å². The zero-order chi connectivity index (χ0) is 12.9. The van der Waals surface area contributed by atoms with Crippen molar-refractivity contribution >= 4 is 0 Å². The summed E-state index contributed by atoms with van der Waals surface area (Å²) in [7, 11) is 0. The molecule has 17 heavy (non-hydrogen) atoms. The predicted octanol–water partition coefficient (Wildman–Crippen LogP) is 3.75. The summed E-state index contributed by atoms with van der Waals surface area (Å²) < 4.78 is 6.16. The molecule has 0 aromatic rings. The molecule has 0 aromatic heterocycles. The van der Waals surface area contributed by atoms with Crippen LogP contribution in [-0.2, 0) is 4.74 Å². The Morgan fingerprint density at radius 2 is 1.88 bits per heavy atom. The summed E-state index contributed by atoms with van der Waals surface area (Å²) in [5, 5.41) is 3.53. The Morgan fingerprint density at radius 1 is 1.24 bits per heavy atom. The molecule has 1 atom stereocenters. The van der Waals surface area contributed by atoms with Crippen molar-refractivity contribution in [3.63, 3.8) is 0 Å². The topological polar surface area (TPSA) is 21.3 Å². The highest BCUT2D eigenvalue weighted by Gasteiger charge is 2.37. The van der Waals surface area contributed by atoms with E-state index < -0.39 is 0 Å². The first-order valence-corrected chi connectivity index (χ1v) is 7.35. The SMILES string of the molecule is CCNCC(CC)(CC)CC1CCC(C)(C)O1.